The lowest BCUT2D eigenvalue weighted by Gasteiger charge is -2.10. The highest BCUT2D eigenvalue weighted by molar-refractivity contribution is 5.99. The lowest BCUT2D eigenvalue weighted by atomic mass is 10.00. The van der Waals surface area contributed by atoms with Gasteiger partial charge in [-0.25, -0.2) is 0 Å². The third kappa shape index (κ3) is 3.42. The van der Waals surface area contributed by atoms with Crippen LogP contribution < -0.4 is 4.74 Å². The quantitative estimate of drug-likeness (QED) is 0.836. The van der Waals surface area contributed by atoms with Gasteiger partial charge >= 0.3 is 0 Å². The van der Waals surface area contributed by atoms with Gasteiger partial charge in [0.1, 0.15) is 11.9 Å². The molecule has 0 amide bonds. The number of aliphatic hydroxyl groups is 1. The fraction of sp³-hybridized carbons (Fsp3) is 0.188. The van der Waals surface area contributed by atoms with E-state index in [1.807, 2.05) is 30.3 Å². The van der Waals surface area contributed by atoms with E-state index >= 15 is 0 Å². The number of ketones is 1. The van der Waals surface area contributed by atoms with Crippen molar-refractivity contribution in [2.75, 3.05) is 7.11 Å². The lowest BCUT2D eigenvalue weighted by molar-refractivity contribution is 0.0748. The first-order chi connectivity index (χ1) is 9.20. The molecule has 0 aliphatic rings. The second-order valence-corrected chi connectivity index (χ2v) is 4.30. The first kappa shape index (κ1) is 13.3. The maximum Gasteiger partial charge on any atom is 0.191 e. The van der Waals surface area contributed by atoms with Crippen LogP contribution >= 0.6 is 0 Å². The van der Waals surface area contributed by atoms with Crippen LogP contribution in [-0.2, 0) is 6.42 Å². The Balaban J connectivity index is 2.06. The molecule has 19 heavy (non-hydrogen) atoms. The summed E-state index contributed by atoms with van der Waals surface area (Å²) in [6, 6.07) is 16.2. The molecule has 1 atom stereocenters. The van der Waals surface area contributed by atoms with Crippen molar-refractivity contribution >= 4 is 5.78 Å². The molecule has 0 saturated carbocycles. The maximum absolute atomic E-state index is 12.1. The van der Waals surface area contributed by atoms with Crippen LogP contribution in [0.2, 0.25) is 0 Å². The fourth-order valence-electron chi connectivity index (χ4n) is 1.88. The van der Waals surface area contributed by atoms with E-state index in [1.165, 1.54) is 0 Å². The average molecular weight is 256 g/mol. The molecule has 0 saturated heterocycles. The van der Waals surface area contributed by atoms with E-state index in [-0.39, 0.29) is 5.78 Å². The first-order valence-electron chi connectivity index (χ1n) is 6.11. The van der Waals surface area contributed by atoms with Crippen LogP contribution in [0.4, 0.5) is 0 Å². The third-order valence-corrected chi connectivity index (χ3v) is 2.95. The molecular weight excluding hydrogens is 240 g/mol. The maximum atomic E-state index is 12.1. The Labute approximate surface area is 112 Å². The number of rotatable bonds is 5. The Morgan fingerprint density at radius 3 is 2.32 bits per heavy atom. The molecule has 0 fully saturated rings. The highest BCUT2D eigenvalue weighted by Gasteiger charge is 2.17. The molecule has 0 heterocycles. The van der Waals surface area contributed by atoms with E-state index in [1.54, 1.807) is 31.4 Å². The summed E-state index contributed by atoms with van der Waals surface area (Å²) in [5.41, 5.74) is 1.43. The van der Waals surface area contributed by atoms with E-state index in [0.717, 1.165) is 5.56 Å². The van der Waals surface area contributed by atoms with Crippen LogP contribution in [0.1, 0.15) is 15.9 Å². The molecule has 1 N–H and O–H groups in total. The van der Waals surface area contributed by atoms with Crippen LogP contribution in [0.3, 0.4) is 0 Å². The zero-order valence-corrected chi connectivity index (χ0v) is 10.7. The number of carbonyl (C=O) groups is 1. The van der Waals surface area contributed by atoms with Crippen molar-refractivity contribution in [1.29, 1.82) is 0 Å². The second kappa shape index (κ2) is 6.16. The zero-order chi connectivity index (χ0) is 13.7. The van der Waals surface area contributed by atoms with Gasteiger partial charge in [0.25, 0.3) is 0 Å². The molecule has 0 spiro atoms. The molecule has 0 aliphatic heterocycles. The Morgan fingerprint density at radius 1 is 1.11 bits per heavy atom. The minimum atomic E-state index is -1.02. The van der Waals surface area contributed by atoms with Gasteiger partial charge in [-0.15, -0.1) is 0 Å². The standard InChI is InChI=1S/C16H16O3/c1-19-14-9-7-13(8-10-14)16(18)15(17)11-12-5-3-2-4-6-12/h2-10,15,17H,11H2,1H3. The molecule has 2 aromatic rings. The summed E-state index contributed by atoms with van der Waals surface area (Å²) in [6.07, 6.45) is -0.693. The predicted octanol–water partition coefficient (Wildman–Crippen LogP) is 2.48. The molecule has 2 aromatic carbocycles. The molecule has 3 nitrogen and oxygen atoms in total. The monoisotopic (exact) mass is 256 g/mol. The Hall–Kier alpha value is -2.13. The summed E-state index contributed by atoms with van der Waals surface area (Å²) >= 11 is 0. The predicted molar refractivity (Wildman–Crippen MR) is 73.5 cm³/mol. The zero-order valence-electron chi connectivity index (χ0n) is 10.7. The largest absolute Gasteiger partial charge is 0.497 e. The second-order valence-electron chi connectivity index (χ2n) is 4.30. The van der Waals surface area contributed by atoms with Crippen molar-refractivity contribution in [2.24, 2.45) is 0 Å². The van der Waals surface area contributed by atoms with Gasteiger partial charge in [0.05, 0.1) is 7.11 Å². The van der Waals surface area contributed by atoms with E-state index < -0.39 is 6.10 Å². The summed E-state index contributed by atoms with van der Waals surface area (Å²) in [4.78, 5) is 12.1. The number of hydrogen-bond donors (Lipinski definition) is 1. The van der Waals surface area contributed by atoms with Gasteiger partial charge in [0.2, 0.25) is 0 Å². The number of hydrogen-bond acceptors (Lipinski definition) is 3. The average Bonchev–Trinajstić information content (AvgIpc) is 2.47. The summed E-state index contributed by atoms with van der Waals surface area (Å²) in [5.74, 6) is 0.417. The third-order valence-electron chi connectivity index (χ3n) is 2.95. The van der Waals surface area contributed by atoms with Crippen molar-refractivity contribution < 1.29 is 14.6 Å². The number of ether oxygens (including phenoxy) is 1. The van der Waals surface area contributed by atoms with Gasteiger partial charge in [-0.2, -0.15) is 0 Å². The number of carbonyl (C=O) groups excluding carboxylic acids is 1. The van der Waals surface area contributed by atoms with E-state index in [4.69, 9.17) is 4.74 Å². The molecular formula is C16H16O3. The minimum absolute atomic E-state index is 0.272. The van der Waals surface area contributed by atoms with Crippen molar-refractivity contribution in [2.45, 2.75) is 12.5 Å². The Kier molecular flexibility index (Phi) is 4.31. The topological polar surface area (TPSA) is 46.5 Å². The summed E-state index contributed by atoms with van der Waals surface area (Å²) in [5, 5.41) is 9.97. The van der Waals surface area contributed by atoms with Gasteiger partial charge in [-0.1, -0.05) is 30.3 Å². The van der Waals surface area contributed by atoms with Gasteiger partial charge in [0.15, 0.2) is 5.78 Å². The number of Topliss-reactive ketones (excluding diaryl/α,β-unsaturated/α-hetero) is 1. The van der Waals surface area contributed by atoms with Crippen LogP contribution in [0.15, 0.2) is 54.6 Å². The van der Waals surface area contributed by atoms with Crippen molar-refractivity contribution in [3.8, 4) is 5.75 Å². The highest BCUT2D eigenvalue weighted by atomic mass is 16.5. The van der Waals surface area contributed by atoms with Gasteiger partial charge in [-0.3, -0.25) is 4.79 Å². The molecule has 0 aliphatic carbocycles. The normalized spacial score (nSPS) is 11.9. The number of aliphatic hydroxyl groups excluding tert-OH is 1. The van der Waals surface area contributed by atoms with E-state index in [0.29, 0.717) is 17.7 Å². The SMILES string of the molecule is COc1ccc(C(=O)C(O)Cc2ccccc2)cc1. The molecule has 1 unspecified atom stereocenters. The molecule has 0 radical (unpaired) electrons. The molecule has 2 rings (SSSR count). The number of benzene rings is 2. The molecule has 3 heteroatoms. The lowest BCUT2D eigenvalue weighted by Crippen LogP contribution is -2.22. The highest BCUT2D eigenvalue weighted by Crippen LogP contribution is 2.14. The van der Waals surface area contributed by atoms with E-state index in [9.17, 15) is 9.90 Å². The van der Waals surface area contributed by atoms with Crippen molar-refractivity contribution in [1.82, 2.24) is 0 Å². The van der Waals surface area contributed by atoms with Gasteiger partial charge < -0.3 is 9.84 Å². The summed E-state index contributed by atoms with van der Waals surface area (Å²) in [7, 11) is 1.57. The van der Waals surface area contributed by atoms with Crippen LogP contribution in [-0.4, -0.2) is 24.1 Å². The molecule has 0 aromatic heterocycles. The van der Waals surface area contributed by atoms with Crippen LogP contribution in [0.25, 0.3) is 0 Å². The van der Waals surface area contributed by atoms with E-state index in [2.05, 4.69) is 0 Å². The van der Waals surface area contributed by atoms with Gasteiger partial charge in [0, 0.05) is 12.0 Å². The van der Waals surface area contributed by atoms with Gasteiger partial charge in [-0.05, 0) is 29.8 Å². The minimum Gasteiger partial charge on any atom is -0.497 e. The van der Waals surface area contributed by atoms with Crippen LogP contribution in [0, 0.1) is 0 Å². The molecule has 98 valence electrons. The number of methoxy groups -OCH3 is 1. The van der Waals surface area contributed by atoms with Crippen LogP contribution in [0.5, 0.6) is 5.75 Å². The summed E-state index contributed by atoms with van der Waals surface area (Å²) in [6.45, 7) is 0. The molecule has 0 bridgehead atoms. The smallest absolute Gasteiger partial charge is 0.191 e. The van der Waals surface area contributed by atoms with Crippen molar-refractivity contribution in [3.63, 3.8) is 0 Å². The fourth-order valence-corrected chi connectivity index (χ4v) is 1.88. The van der Waals surface area contributed by atoms with Crippen molar-refractivity contribution in [3.05, 3.63) is 65.7 Å². The Morgan fingerprint density at radius 2 is 1.74 bits per heavy atom. The first-order valence-corrected chi connectivity index (χ1v) is 6.11. The summed E-state index contributed by atoms with van der Waals surface area (Å²) < 4.78 is 5.03. The Bertz CT molecular complexity index is 532.